The Balaban J connectivity index is 2.18. The number of nitrogens with one attached hydrogen (secondary N) is 1. The molecule has 5 nitrogen and oxygen atoms in total. The van der Waals surface area contributed by atoms with Crippen molar-refractivity contribution in [3.05, 3.63) is 57.0 Å². The van der Waals surface area contributed by atoms with E-state index in [9.17, 15) is 14.9 Å². The van der Waals surface area contributed by atoms with Gasteiger partial charge in [0.25, 0.3) is 5.91 Å². The van der Waals surface area contributed by atoms with Gasteiger partial charge >= 0.3 is 5.00 Å². The van der Waals surface area contributed by atoms with Crippen molar-refractivity contribution < 1.29 is 9.72 Å². The molecular weight excluding hydrogens is 264 g/mol. The molecule has 0 spiro atoms. The molecule has 1 aromatic heterocycles. The molecule has 2 rings (SSSR count). The van der Waals surface area contributed by atoms with Gasteiger partial charge in [-0.1, -0.05) is 36.5 Å². The summed E-state index contributed by atoms with van der Waals surface area (Å²) in [5.41, 5.74) is 2.08. The van der Waals surface area contributed by atoms with Gasteiger partial charge in [-0.25, -0.2) is 0 Å². The Morgan fingerprint density at radius 1 is 1.42 bits per heavy atom. The van der Waals surface area contributed by atoms with Crippen molar-refractivity contribution in [2.24, 2.45) is 0 Å². The highest BCUT2D eigenvalue weighted by molar-refractivity contribution is 7.13. The summed E-state index contributed by atoms with van der Waals surface area (Å²) in [5.74, 6) is -0.328. The molecule has 0 bridgehead atoms. The minimum atomic E-state index is -0.499. The largest absolute Gasteiger partial charge is 0.324 e. The Morgan fingerprint density at radius 3 is 2.79 bits per heavy atom. The second-order valence-corrected chi connectivity index (χ2v) is 4.79. The zero-order chi connectivity index (χ0) is 13.8. The fourth-order valence-corrected chi connectivity index (χ4v) is 2.39. The first kappa shape index (κ1) is 13.2. The summed E-state index contributed by atoms with van der Waals surface area (Å²) < 4.78 is 0. The highest BCUT2D eigenvalue weighted by Crippen LogP contribution is 2.24. The molecule has 0 atom stereocenters. The van der Waals surface area contributed by atoms with Crippen LogP contribution in [0.2, 0.25) is 0 Å². The molecule has 1 N–H and O–H groups in total. The lowest BCUT2D eigenvalue weighted by molar-refractivity contribution is -0.380. The minimum absolute atomic E-state index is 0.0334. The third-order valence-corrected chi connectivity index (χ3v) is 3.55. The first-order chi connectivity index (χ1) is 9.11. The molecule has 6 heteroatoms. The lowest BCUT2D eigenvalue weighted by atomic mass is 10.1. The van der Waals surface area contributed by atoms with Crippen molar-refractivity contribution in [2.45, 2.75) is 13.3 Å². The monoisotopic (exact) mass is 276 g/mol. The summed E-state index contributed by atoms with van der Waals surface area (Å²) in [4.78, 5) is 22.1. The van der Waals surface area contributed by atoms with E-state index in [0.29, 0.717) is 5.56 Å². The number of anilines is 1. The Labute approximate surface area is 114 Å². The Kier molecular flexibility index (Phi) is 3.91. The van der Waals surface area contributed by atoms with Crippen molar-refractivity contribution in [3.63, 3.8) is 0 Å². The van der Waals surface area contributed by atoms with Crippen LogP contribution < -0.4 is 5.32 Å². The second kappa shape index (κ2) is 5.62. The summed E-state index contributed by atoms with van der Waals surface area (Å²) in [6.07, 6.45) is 0.806. The van der Waals surface area contributed by atoms with Gasteiger partial charge in [-0.05, 0) is 18.1 Å². The molecule has 1 amide bonds. The Morgan fingerprint density at radius 2 is 2.16 bits per heavy atom. The van der Waals surface area contributed by atoms with Crippen LogP contribution in [0.25, 0.3) is 0 Å². The molecule has 0 radical (unpaired) electrons. The maximum Gasteiger partial charge on any atom is 0.324 e. The Bertz CT molecular complexity index is 622. The van der Waals surface area contributed by atoms with Crippen LogP contribution in [0.3, 0.4) is 0 Å². The lowest BCUT2D eigenvalue weighted by Gasteiger charge is -2.08. The van der Waals surface area contributed by atoms with Crippen molar-refractivity contribution in [3.8, 4) is 0 Å². The molecule has 1 heterocycles. The Hall–Kier alpha value is -2.21. The number of carbonyl (C=O) groups is 1. The fraction of sp³-hybridized carbons (Fsp3) is 0.154. The molecule has 0 saturated heterocycles. The van der Waals surface area contributed by atoms with E-state index in [4.69, 9.17) is 0 Å². The van der Waals surface area contributed by atoms with Crippen LogP contribution in [0.4, 0.5) is 10.7 Å². The van der Waals surface area contributed by atoms with Crippen LogP contribution in [0.1, 0.15) is 22.8 Å². The fourth-order valence-electron chi connectivity index (χ4n) is 1.68. The second-order valence-electron chi connectivity index (χ2n) is 3.90. The number of para-hydroxylation sites is 1. The van der Waals surface area contributed by atoms with E-state index in [2.05, 4.69) is 5.32 Å². The highest BCUT2D eigenvalue weighted by Gasteiger charge is 2.15. The first-order valence-corrected chi connectivity index (χ1v) is 6.62. The van der Waals surface area contributed by atoms with Gasteiger partial charge in [0.05, 0.1) is 10.5 Å². The number of nitro groups is 1. The zero-order valence-corrected chi connectivity index (χ0v) is 11.1. The number of hydrogen-bond acceptors (Lipinski definition) is 4. The predicted molar refractivity (Wildman–Crippen MR) is 74.7 cm³/mol. The molecular formula is C13H12N2O3S. The van der Waals surface area contributed by atoms with E-state index in [1.165, 1.54) is 11.4 Å². The van der Waals surface area contributed by atoms with E-state index in [1.54, 1.807) is 0 Å². The van der Waals surface area contributed by atoms with Gasteiger partial charge in [0.1, 0.15) is 0 Å². The normalized spacial score (nSPS) is 10.2. The summed E-state index contributed by atoms with van der Waals surface area (Å²) >= 11 is 0.947. The topological polar surface area (TPSA) is 72.2 Å². The van der Waals surface area contributed by atoms with Crippen molar-refractivity contribution in [1.82, 2.24) is 0 Å². The van der Waals surface area contributed by atoms with Gasteiger partial charge in [-0.3, -0.25) is 14.9 Å². The van der Waals surface area contributed by atoms with Gasteiger partial charge in [-0.15, -0.1) is 0 Å². The van der Waals surface area contributed by atoms with E-state index in [-0.39, 0.29) is 10.9 Å². The predicted octanol–water partition coefficient (Wildman–Crippen LogP) is 3.47. The molecule has 2 aromatic rings. The van der Waals surface area contributed by atoms with Gasteiger partial charge in [-0.2, -0.15) is 0 Å². The third kappa shape index (κ3) is 2.97. The van der Waals surface area contributed by atoms with Gasteiger partial charge in [0, 0.05) is 17.1 Å². The quantitative estimate of drug-likeness (QED) is 0.686. The van der Waals surface area contributed by atoms with Crippen molar-refractivity contribution in [1.29, 1.82) is 0 Å². The smallest absolute Gasteiger partial charge is 0.322 e. The van der Waals surface area contributed by atoms with Crippen LogP contribution in [0.15, 0.2) is 35.7 Å². The maximum atomic E-state index is 12.0. The molecule has 1 aromatic carbocycles. The summed E-state index contributed by atoms with van der Waals surface area (Å²) in [6, 6.07) is 8.78. The van der Waals surface area contributed by atoms with E-state index in [1.807, 2.05) is 31.2 Å². The minimum Gasteiger partial charge on any atom is -0.322 e. The van der Waals surface area contributed by atoms with Crippen LogP contribution in [0, 0.1) is 10.1 Å². The summed E-state index contributed by atoms with van der Waals surface area (Å²) in [5, 5.41) is 14.8. The van der Waals surface area contributed by atoms with Gasteiger partial charge in [0.15, 0.2) is 0 Å². The van der Waals surface area contributed by atoms with Gasteiger partial charge in [0.2, 0.25) is 0 Å². The van der Waals surface area contributed by atoms with Gasteiger partial charge < -0.3 is 5.32 Å². The maximum absolute atomic E-state index is 12.0. The molecule has 0 fully saturated rings. The van der Waals surface area contributed by atoms with E-state index < -0.39 is 4.92 Å². The third-order valence-electron chi connectivity index (χ3n) is 2.67. The van der Waals surface area contributed by atoms with Crippen LogP contribution in [-0.2, 0) is 6.42 Å². The van der Waals surface area contributed by atoms with Crippen LogP contribution >= 0.6 is 11.3 Å². The molecule has 0 aliphatic rings. The molecule has 0 saturated carbocycles. The summed E-state index contributed by atoms with van der Waals surface area (Å²) in [7, 11) is 0. The number of rotatable bonds is 4. The average Bonchev–Trinajstić information content (AvgIpc) is 2.89. The summed E-state index contributed by atoms with van der Waals surface area (Å²) in [6.45, 7) is 2.00. The lowest BCUT2D eigenvalue weighted by Crippen LogP contribution is -2.12. The number of carbonyl (C=O) groups excluding carboxylic acids is 1. The number of nitrogens with zero attached hydrogens (tertiary/aromatic N) is 1. The number of thiophene rings is 1. The number of benzene rings is 1. The SMILES string of the molecule is CCc1ccccc1NC(=O)c1csc([N+](=O)[O-])c1. The number of hydrogen-bond donors (Lipinski definition) is 1. The number of amides is 1. The van der Waals surface area contributed by atoms with Crippen molar-refractivity contribution in [2.75, 3.05) is 5.32 Å². The number of aryl methyl sites for hydroxylation is 1. The van der Waals surface area contributed by atoms with Crippen LogP contribution in [-0.4, -0.2) is 10.8 Å². The first-order valence-electron chi connectivity index (χ1n) is 5.74. The van der Waals surface area contributed by atoms with E-state index >= 15 is 0 Å². The molecule has 0 unspecified atom stereocenters. The molecule has 0 aliphatic heterocycles. The molecule has 0 aliphatic carbocycles. The van der Waals surface area contributed by atoms with Crippen molar-refractivity contribution >= 4 is 27.9 Å². The average molecular weight is 276 g/mol. The van der Waals surface area contributed by atoms with E-state index in [0.717, 1.165) is 29.0 Å². The zero-order valence-electron chi connectivity index (χ0n) is 10.3. The molecule has 98 valence electrons. The highest BCUT2D eigenvalue weighted by atomic mass is 32.1. The molecule has 19 heavy (non-hydrogen) atoms. The van der Waals surface area contributed by atoms with Crippen LogP contribution in [0.5, 0.6) is 0 Å². The standard InChI is InChI=1S/C13H12N2O3S/c1-2-9-5-3-4-6-11(9)14-13(16)10-7-12(15(17)18)19-8-10/h3-8H,2H2,1H3,(H,14,16).